The van der Waals surface area contributed by atoms with E-state index in [4.69, 9.17) is 6.42 Å². The van der Waals surface area contributed by atoms with Crippen LogP contribution in [0.3, 0.4) is 0 Å². The molecule has 0 radical (unpaired) electrons. The molecule has 0 heterocycles. The van der Waals surface area contributed by atoms with Gasteiger partial charge in [-0.3, -0.25) is 10.1 Å². The molecule has 0 aromatic carbocycles. The second-order valence-electron chi connectivity index (χ2n) is 4.49. The number of carbonyl (C=O) groups excluding carboxylic acids is 1. The summed E-state index contributed by atoms with van der Waals surface area (Å²) in [6, 6.07) is -0.251. The van der Waals surface area contributed by atoms with E-state index in [2.05, 4.69) is 30.4 Å². The van der Waals surface area contributed by atoms with Gasteiger partial charge in [-0.2, -0.15) is 0 Å². The first-order chi connectivity index (χ1) is 7.51. The van der Waals surface area contributed by atoms with Crippen LogP contribution in [-0.4, -0.2) is 24.5 Å². The van der Waals surface area contributed by atoms with Crippen LogP contribution in [0.2, 0.25) is 0 Å². The molecule has 0 saturated heterocycles. The van der Waals surface area contributed by atoms with Crippen LogP contribution in [-0.2, 0) is 4.79 Å². The van der Waals surface area contributed by atoms with E-state index in [-0.39, 0.29) is 18.0 Å². The van der Waals surface area contributed by atoms with E-state index in [0.717, 1.165) is 19.4 Å². The molecule has 2 N–H and O–H groups in total. The number of amides is 1. The lowest BCUT2D eigenvalue weighted by molar-refractivity contribution is -0.122. The second kappa shape index (κ2) is 8.18. The summed E-state index contributed by atoms with van der Waals surface area (Å²) >= 11 is 0. The topological polar surface area (TPSA) is 41.1 Å². The number of rotatable bonds is 7. The van der Waals surface area contributed by atoms with E-state index in [1.54, 1.807) is 0 Å². The van der Waals surface area contributed by atoms with Crippen LogP contribution in [0.1, 0.15) is 40.5 Å². The SMILES string of the molecule is C#CC(CC)NC(C)C(=O)NCCC(C)C. The molecule has 0 rings (SSSR count). The molecule has 2 unspecified atom stereocenters. The minimum atomic E-state index is -0.229. The fourth-order valence-corrected chi connectivity index (χ4v) is 1.30. The molecule has 92 valence electrons. The van der Waals surface area contributed by atoms with Gasteiger partial charge in [-0.15, -0.1) is 6.42 Å². The lowest BCUT2D eigenvalue weighted by Crippen LogP contribution is -2.46. The first-order valence-electron chi connectivity index (χ1n) is 6.01. The van der Waals surface area contributed by atoms with Gasteiger partial charge in [0.15, 0.2) is 0 Å². The molecule has 0 aliphatic heterocycles. The van der Waals surface area contributed by atoms with Gasteiger partial charge in [0.05, 0.1) is 12.1 Å². The molecule has 0 aromatic heterocycles. The fraction of sp³-hybridized carbons (Fsp3) is 0.769. The molecule has 3 nitrogen and oxygen atoms in total. The summed E-state index contributed by atoms with van der Waals surface area (Å²) in [5, 5.41) is 6.00. The Balaban J connectivity index is 3.86. The molecule has 0 aliphatic carbocycles. The molecule has 0 fully saturated rings. The Bertz CT molecular complexity index is 243. The Morgan fingerprint density at radius 3 is 2.44 bits per heavy atom. The third-order valence-corrected chi connectivity index (χ3v) is 2.47. The highest BCUT2D eigenvalue weighted by molar-refractivity contribution is 5.81. The van der Waals surface area contributed by atoms with Crippen molar-refractivity contribution in [2.24, 2.45) is 5.92 Å². The van der Waals surface area contributed by atoms with Crippen molar-refractivity contribution >= 4 is 5.91 Å². The quantitative estimate of drug-likeness (QED) is 0.644. The predicted molar refractivity (Wildman–Crippen MR) is 68.0 cm³/mol. The summed E-state index contributed by atoms with van der Waals surface area (Å²) in [6.45, 7) is 8.85. The van der Waals surface area contributed by atoms with Gasteiger partial charge in [-0.1, -0.05) is 26.7 Å². The van der Waals surface area contributed by atoms with Crippen molar-refractivity contribution in [1.82, 2.24) is 10.6 Å². The van der Waals surface area contributed by atoms with Gasteiger partial charge in [-0.05, 0) is 25.7 Å². The average molecular weight is 224 g/mol. The van der Waals surface area contributed by atoms with Crippen LogP contribution in [0.5, 0.6) is 0 Å². The van der Waals surface area contributed by atoms with E-state index in [1.807, 2.05) is 13.8 Å². The summed E-state index contributed by atoms with van der Waals surface area (Å²) in [6.07, 6.45) is 7.17. The molecule has 2 atom stereocenters. The molecule has 0 bridgehead atoms. The van der Waals surface area contributed by atoms with E-state index < -0.39 is 0 Å². The minimum Gasteiger partial charge on any atom is -0.355 e. The van der Waals surface area contributed by atoms with E-state index in [9.17, 15) is 4.79 Å². The molecular formula is C13H24N2O. The predicted octanol–water partition coefficient (Wildman–Crippen LogP) is 1.54. The third-order valence-electron chi connectivity index (χ3n) is 2.47. The highest BCUT2D eigenvalue weighted by Gasteiger charge is 2.14. The van der Waals surface area contributed by atoms with Crippen LogP contribution in [0, 0.1) is 18.3 Å². The zero-order chi connectivity index (χ0) is 12.6. The summed E-state index contributed by atoms with van der Waals surface area (Å²) in [5.74, 6) is 3.25. The summed E-state index contributed by atoms with van der Waals surface area (Å²) in [4.78, 5) is 11.6. The first kappa shape index (κ1) is 15.0. The van der Waals surface area contributed by atoms with Crippen molar-refractivity contribution in [2.75, 3.05) is 6.54 Å². The maximum atomic E-state index is 11.6. The highest BCUT2D eigenvalue weighted by atomic mass is 16.2. The molecule has 1 amide bonds. The maximum absolute atomic E-state index is 11.6. The van der Waals surface area contributed by atoms with Crippen molar-refractivity contribution in [2.45, 2.75) is 52.6 Å². The van der Waals surface area contributed by atoms with Gasteiger partial charge >= 0.3 is 0 Å². The molecule has 0 aromatic rings. The largest absolute Gasteiger partial charge is 0.355 e. The zero-order valence-corrected chi connectivity index (χ0v) is 10.8. The Kier molecular flexibility index (Phi) is 7.66. The zero-order valence-electron chi connectivity index (χ0n) is 10.8. The lowest BCUT2D eigenvalue weighted by Gasteiger charge is -2.18. The first-order valence-corrected chi connectivity index (χ1v) is 6.01. The Morgan fingerprint density at radius 2 is 2.00 bits per heavy atom. The van der Waals surface area contributed by atoms with Gasteiger partial charge in [0.1, 0.15) is 0 Å². The van der Waals surface area contributed by atoms with E-state index in [1.165, 1.54) is 0 Å². The van der Waals surface area contributed by atoms with Crippen LogP contribution < -0.4 is 10.6 Å². The molecule has 16 heavy (non-hydrogen) atoms. The van der Waals surface area contributed by atoms with Crippen LogP contribution in [0.4, 0.5) is 0 Å². The van der Waals surface area contributed by atoms with Crippen molar-refractivity contribution in [3.05, 3.63) is 0 Å². The van der Waals surface area contributed by atoms with Crippen molar-refractivity contribution < 1.29 is 4.79 Å². The summed E-state index contributed by atoms with van der Waals surface area (Å²) in [7, 11) is 0. The molecular weight excluding hydrogens is 200 g/mol. The lowest BCUT2D eigenvalue weighted by atomic mass is 10.1. The van der Waals surface area contributed by atoms with Gasteiger partial charge in [-0.25, -0.2) is 0 Å². The van der Waals surface area contributed by atoms with Gasteiger partial charge in [0.2, 0.25) is 5.91 Å². The number of hydrogen-bond acceptors (Lipinski definition) is 2. The van der Waals surface area contributed by atoms with Gasteiger partial charge in [0, 0.05) is 6.54 Å². The minimum absolute atomic E-state index is 0.0224. The standard InChI is InChI=1S/C13H24N2O/c1-6-12(7-2)15-11(5)13(16)14-9-8-10(3)4/h1,10-12,15H,7-9H2,2-5H3,(H,14,16). The second-order valence-corrected chi connectivity index (χ2v) is 4.49. The monoisotopic (exact) mass is 224 g/mol. The van der Waals surface area contributed by atoms with Gasteiger partial charge in [0.25, 0.3) is 0 Å². The fourth-order valence-electron chi connectivity index (χ4n) is 1.30. The van der Waals surface area contributed by atoms with E-state index >= 15 is 0 Å². The average Bonchev–Trinajstić information content (AvgIpc) is 2.24. The van der Waals surface area contributed by atoms with Crippen LogP contribution in [0.15, 0.2) is 0 Å². The Hall–Kier alpha value is -1.01. The highest BCUT2D eigenvalue weighted by Crippen LogP contribution is 1.97. The Labute approximate surface area is 99.4 Å². The maximum Gasteiger partial charge on any atom is 0.236 e. The molecule has 0 saturated carbocycles. The third kappa shape index (κ3) is 6.47. The Morgan fingerprint density at radius 1 is 1.38 bits per heavy atom. The normalized spacial score (nSPS) is 14.2. The van der Waals surface area contributed by atoms with Crippen molar-refractivity contribution in [1.29, 1.82) is 0 Å². The number of hydrogen-bond donors (Lipinski definition) is 2. The van der Waals surface area contributed by atoms with Crippen molar-refractivity contribution in [3.63, 3.8) is 0 Å². The smallest absolute Gasteiger partial charge is 0.236 e. The van der Waals surface area contributed by atoms with Gasteiger partial charge < -0.3 is 5.32 Å². The number of nitrogens with one attached hydrogen (secondary N) is 2. The van der Waals surface area contributed by atoms with Crippen LogP contribution >= 0.6 is 0 Å². The summed E-state index contributed by atoms with van der Waals surface area (Å²) < 4.78 is 0. The number of carbonyl (C=O) groups is 1. The van der Waals surface area contributed by atoms with Crippen molar-refractivity contribution in [3.8, 4) is 12.3 Å². The van der Waals surface area contributed by atoms with E-state index in [0.29, 0.717) is 5.92 Å². The number of terminal acetylenes is 1. The summed E-state index contributed by atoms with van der Waals surface area (Å²) in [5.41, 5.74) is 0. The molecule has 0 aliphatic rings. The molecule has 3 heteroatoms. The van der Waals surface area contributed by atoms with Crippen LogP contribution in [0.25, 0.3) is 0 Å². The molecule has 0 spiro atoms.